The van der Waals surface area contributed by atoms with E-state index in [0.29, 0.717) is 32.0 Å². The molecular weight excluding hydrogens is 422 g/mol. The third-order valence-corrected chi connectivity index (χ3v) is 6.58. The Morgan fingerprint density at radius 3 is 2.33 bits per heavy atom. The number of hydrogen-bond acceptors (Lipinski definition) is 5. The summed E-state index contributed by atoms with van der Waals surface area (Å²) in [5, 5.41) is 5.56. The predicted octanol–water partition coefficient (Wildman–Crippen LogP) is 2.54. The number of hydrogen-bond donors (Lipinski definition) is 2. The number of carbonyl (C=O) groups is 1. The number of aryl methyl sites for hydroxylation is 1. The molecule has 2 aromatic rings. The number of morpholine rings is 1. The minimum atomic E-state index is -3.55. The molecular formula is C21H23N3O4S2. The molecule has 1 aliphatic heterocycles. The Morgan fingerprint density at radius 2 is 1.70 bits per heavy atom. The number of rotatable bonds is 5. The minimum absolute atomic E-state index is 0.123. The van der Waals surface area contributed by atoms with E-state index >= 15 is 0 Å². The normalized spacial score (nSPS) is 15.1. The second-order valence-electron chi connectivity index (χ2n) is 6.73. The Hall–Kier alpha value is -2.59. The van der Waals surface area contributed by atoms with Crippen molar-refractivity contribution in [2.75, 3.05) is 31.6 Å². The molecule has 7 nitrogen and oxygen atoms in total. The van der Waals surface area contributed by atoms with Crippen LogP contribution in [0.4, 0.5) is 5.69 Å². The van der Waals surface area contributed by atoms with Crippen LogP contribution in [0.5, 0.6) is 0 Å². The maximum Gasteiger partial charge on any atom is 0.250 e. The van der Waals surface area contributed by atoms with Crippen LogP contribution in [0.25, 0.3) is 6.08 Å². The largest absolute Gasteiger partial charge is 0.379 e. The average molecular weight is 446 g/mol. The first kappa shape index (κ1) is 22.1. The molecule has 1 heterocycles. The predicted molar refractivity (Wildman–Crippen MR) is 121 cm³/mol. The highest BCUT2D eigenvalue weighted by atomic mass is 32.2. The highest BCUT2D eigenvalue weighted by molar-refractivity contribution is 7.89. The fourth-order valence-corrected chi connectivity index (χ4v) is 4.44. The van der Waals surface area contributed by atoms with Crippen LogP contribution < -0.4 is 10.6 Å². The van der Waals surface area contributed by atoms with E-state index in [2.05, 4.69) is 10.6 Å². The lowest BCUT2D eigenvalue weighted by Gasteiger charge is -2.26. The monoisotopic (exact) mass is 445 g/mol. The summed E-state index contributed by atoms with van der Waals surface area (Å²) in [7, 11) is -3.55. The lowest BCUT2D eigenvalue weighted by atomic mass is 10.1. The van der Waals surface area contributed by atoms with Gasteiger partial charge in [0.15, 0.2) is 5.11 Å². The van der Waals surface area contributed by atoms with Crippen molar-refractivity contribution in [2.24, 2.45) is 0 Å². The van der Waals surface area contributed by atoms with Crippen molar-refractivity contribution in [3.63, 3.8) is 0 Å². The molecule has 0 spiro atoms. The smallest absolute Gasteiger partial charge is 0.250 e. The lowest BCUT2D eigenvalue weighted by Crippen LogP contribution is -2.40. The molecule has 0 radical (unpaired) electrons. The molecule has 0 bridgehead atoms. The molecule has 1 saturated heterocycles. The number of anilines is 1. The number of thiocarbonyl (C=S) groups is 1. The maximum atomic E-state index is 12.6. The van der Waals surface area contributed by atoms with Gasteiger partial charge in [0.2, 0.25) is 15.9 Å². The van der Waals surface area contributed by atoms with Crippen LogP contribution in [0.3, 0.4) is 0 Å². The number of ether oxygens (including phenoxy) is 1. The fourth-order valence-electron chi connectivity index (χ4n) is 2.81. The number of nitrogens with zero attached hydrogens (tertiary/aromatic N) is 1. The summed E-state index contributed by atoms with van der Waals surface area (Å²) in [6.45, 7) is 3.47. The summed E-state index contributed by atoms with van der Waals surface area (Å²) >= 11 is 5.15. The van der Waals surface area contributed by atoms with Crippen LogP contribution in [-0.4, -0.2) is 50.0 Å². The van der Waals surface area contributed by atoms with E-state index < -0.39 is 10.0 Å². The van der Waals surface area contributed by atoms with Crippen molar-refractivity contribution >= 4 is 45.0 Å². The van der Waals surface area contributed by atoms with Crippen molar-refractivity contribution < 1.29 is 17.9 Å². The second kappa shape index (κ2) is 9.94. The third-order valence-electron chi connectivity index (χ3n) is 4.46. The summed E-state index contributed by atoms with van der Waals surface area (Å²) in [4.78, 5) is 12.2. The van der Waals surface area contributed by atoms with Crippen molar-refractivity contribution in [3.8, 4) is 0 Å². The van der Waals surface area contributed by atoms with E-state index in [-0.39, 0.29) is 15.9 Å². The summed E-state index contributed by atoms with van der Waals surface area (Å²) in [6, 6.07) is 14.0. The van der Waals surface area contributed by atoms with Gasteiger partial charge in [0, 0.05) is 24.9 Å². The zero-order valence-electron chi connectivity index (χ0n) is 16.5. The van der Waals surface area contributed by atoms with E-state index in [0.717, 1.165) is 11.1 Å². The zero-order valence-corrected chi connectivity index (χ0v) is 18.1. The molecule has 2 N–H and O–H groups in total. The highest BCUT2D eigenvalue weighted by Gasteiger charge is 2.26. The summed E-state index contributed by atoms with van der Waals surface area (Å²) in [5.41, 5.74) is 2.63. The molecule has 0 saturated carbocycles. The maximum absolute atomic E-state index is 12.6. The van der Waals surface area contributed by atoms with Crippen LogP contribution in [0.2, 0.25) is 0 Å². The average Bonchev–Trinajstić information content (AvgIpc) is 2.74. The summed E-state index contributed by atoms with van der Waals surface area (Å²) in [5.74, 6) is -0.361. The summed E-state index contributed by atoms with van der Waals surface area (Å²) < 4.78 is 31.9. The summed E-state index contributed by atoms with van der Waals surface area (Å²) in [6.07, 6.45) is 3.10. The van der Waals surface area contributed by atoms with Gasteiger partial charge in [0.25, 0.3) is 0 Å². The lowest BCUT2D eigenvalue weighted by molar-refractivity contribution is -0.115. The number of nitrogens with one attached hydrogen (secondary N) is 2. The Balaban J connectivity index is 1.55. The van der Waals surface area contributed by atoms with Gasteiger partial charge in [-0.3, -0.25) is 10.1 Å². The molecule has 158 valence electrons. The topological polar surface area (TPSA) is 87.7 Å². The van der Waals surface area contributed by atoms with Crippen LogP contribution in [0, 0.1) is 6.92 Å². The van der Waals surface area contributed by atoms with Gasteiger partial charge in [-0.05, 0) is 55.0 Å². The molecule has 30 heavy (non-hydrogen) atoms. The second-order valence-corrected chi connectivity index (χ2v) is 9.07. The SMILES string of the molecule is Cc1ccc(C=CC(=O)NC(=S)Nc2ccc(S(=O)(=O)N3CCOCC3)cc2)cc1. The zero-order chi connectivity index (χ0) is 21.6. The van der Waals surface area contributed by atoms with Gasteiger partial charge in [0.05, 0.1) is 18.1 Å². The first-order chi connectivity index (χ1) is 14.3. The molecule has 1 amide bonds. The Kier molecular flexibility index (Phi) is 7.33. The van der Waals surface area contributed by atoms with Crippen LogP contribution in [0.1, 0.15) is 11.1 Å². The molecule has 2 aromatic carbocycles. The van der Waals surface area contributed by atoms with E-state index in [1.165, 1.54) is 22.5 Å². The van der Waals surface area contributed by atoms with Gasteiger partial charge in [0.1, 0.15) is 0 Å². The van der Waals surface area contributed by atoms with E-state index in [9.17, 15) is 13.2 Å². The molecule has 3 rings (SSSR count). The van der Waals surface area contributed by atoms with E-state index in [1.54, 1.807) is 18.2 Å². The minimum Gasteiger partial charge on any atom is -0.379 e. The fraction of sp³-hybridized carbons (Fsp3) is 0.238. The Labute approximate surface area is 181 Å². The third kappa shape index (κ3) is 5.96. The molecule has 1 fully saturated rings. The number of amides is 1. The molecule has 1 aliphatic rings. The standard InChI is InChI=1S/C21H23N3O4S2/c1-16-2-4-17(5-3-16)6-11-20(25)23-21(29)22-18-7-9-19(10-8-18)30(26,27)24-12-14-28-15-13-24/h2-11H,12-15H2,1H3,(H2,22,23,25,29). The first-order valence-corrected chi connectivity index (χ1v) is 11.2. The van der Waals surface area contributed by atoms with Crippen LogP contribution >= 0.6 is 12.2 Å². The molecule has 9 heteroatoms. The highest BCUT2D eigenvalue weighted by Crippen LogP contribution is 2.19. The van der Waals surface area contributed by atoms with Crippen molar-refractivity contribution in [3.05, 3.63) is 65.7 Å². The van der Waals surface area contributed by atoms with Crippen molar-refractivity contribution in [1.82, 2.24) is 9.62 Å². The van der Waals surface area contributed by atoms with Gasteiger partial charge in [-0.25, -0.2) is 8.42 Å². The first-order valence-electron chi connectivity index (χ1n) is 9.39. The van der Waals surface area contributed by atoms with Crippen molar-refractivity contribution in [1.29, 1.82) is 0 Å². The van der Waals surface area contributed by atoms with Gasteiger partial charge in [-0.1, -0.05) is 29.8 Å². The van der Waals surface area contributed by atoms with Crippen LogP contribution in [0.15, 0.2) is 59.5 Å². The molecule has 0 aromatic heterocycles. The number of sulfonamides is 1. The molecule has 0 atom stereocenters. The van der Waals surface area contributed by atoms with Crippen molar-refractivity contribution in [2.45, 2.75) is 11.8 Å². The number of benzene rings is 2. The van der Waals surface area contributed by atoms with Gasteiger partial charge < -0.3 is 10.1 Å². The van der Waals surface area contributed by atoms with E-state index in [4.69, 9.17) is 17.0 Å². The van der Waals surface area contributed by atoms with Crippen LogP contribution in [-0.2, 0) is 19.6 Å². The van der Waals surface area contributed by atoms with Gasteiger partial charge in [-0.2, -0.15) is 4.31 Å². The van der Waals surface area contributed by atoms with E-state index in [1.807, 2.05) is 31.2 Å². The quantitative estimate of drug-likeness (QED) is 0.543. The number of carbonyl (C=O) groups excluding carboxylic acids is 1. The van der Waals surface area contributed by atoms with Gasteiger partial charge in [-0.15, -0.1) is 0 Å². The Bertz CT molecular complexity index is 1030. The Morgan fingerprint density at radius 1 is 1.07 bits per heavy atom. The van der Waals surface area contributed by atoms with Gasteiger partial charge >= 0.3 is 0 Å². The molecule has 0 unspecified atom stereocenters. The molecule has 0 aliphatic carbocycles.